The van der Waals surface area contributed by atoms with Gasteiger partial charge in [-0.25, -0.2) is 0 Å². The molecule has 0 aromatic heterocycles. The number of carboxylic acids is 1. The summed E-state index contributed by atoms with van der Waals surface area (Å²) >= 11 is 0. The quantitative estimate of drug-likeness (QED) is 0.426. The number of amides is 1. The maximum absolute atomic E-state index is 12.2. The molecule has 1 saturated heterocycles. The molecule has 144 valence electrons. The maximum atomic E-state index is 12.2. The van der Waals surface area contributed by atoms with Gasteiger partial charge in [-0.2, -0.15) is 0 Å². The number of nitrogens with two attached hydrogens (primary N) is 1. The molecule has 7 heteroatoms. The van der Waals surface area contributed by atoms with E-state index in [4.69, 9.17) is 4.74 Å². The standard InChI is InChI=1S/C19H29N3O4/c1-14-5-3-6-16(15(14)2)21-18(23)13-17(19(24)25)20-7-4-8-22-9-11-26-12-10-22/h3,5-6,17,20H,4,7-13H2,1-2H3,(H,21,23)(H,24,25)/p+1/t17-/m0/s1. The van der Waals surface area contributed by atoms with Crippen molar-refractivity contribution in [2.24, 2.45) is 0 Å². The minimum atomic E-state index is -1.19. The van der Waals surface area contributed by atoms with Crippen molar-refractivity contribution in [3.8, 4) is 0 Å². The number of quaternary nitrogens is 2. The Kier molecular flexibility index (Phi) is 8.03. The van der Waals surface area contributed by atoms with Gasteiger partial charge in [0.25, 0.3) is 0 Å². The van der Waals surface area contributed by atoms with Crippen molar-refractivity contribution in [3.05, 3.63) is 29.3 Å². The molecule has 1 aromatic rings. The third-order valence-corrected chi connectivity index (χ3v) is 4.97. The van der Waals surface area contributed by atoms with Crippen LogP contribution < -0.4 is 20.6 Å². The van der Waals surface area contributed by atoms with E-state index in [1.165, 1.54) is 4.90 Å². The van der Waals surface area contributed by atoms with Crippen LogP contribution >= 0.6 is 0 Å². The molecule has 1 aliphatic rings. The molecular formula is C19H30N3O4+. The van der Waals surface area contributed by atoms with Crippen LogP contribution in [-0.2, 0) is 14.3 Å². The number of hydrogen-bond acceptors (Lipinski definition) is 4. The smallest absolute Gasteiger partial charge is 0.230 e. The van der Waals surface area contributed by atoms with E-state index in [1.807, 2.05) is 32.0 Å². The van der Waals surface area contributed by atoms with E-state index in [9.17, 15) is 14.7 Å². The molecule has 1 aliphatic heterocycles. The number of ether oxygens (including phenoxy) is 1. The van der Waals surface area contributed by atoms with Crippen molar-refractivity contribution in [1.82, 2.24) is 0 Å². The SMILES string of the molecule is Cc1cccc(NC(=O)C[C@H]([NH2+]CCC[NH+]2CCOCC2)C(=O)[O-])c1C. The van der Waals surface area contributed by atoms with E-state index in [1.54, 1.807) is 5.32 Å². The van der Waals surface area contributed by atoms with Gasteiger partial charge in [0, 0.05) is 12.1 Å². The molecule has 2 rings (SSSR count). The van der Waals surface area contributed by atoms with Gasteiger partial charge >= 0.3 is 0 Å². The lowest BCUT2D eigenvalue weighted by Crippen LogP contribution is -3.14. The molecule has 1 amide bonds. The molecule has 4 N–H and O–H groups in total. The molecule has 0 radical (unpaired) electrons. The molecule has 1 heterocycles. The summed E-state index contributed by atoms with van der Waals surface area (Å²) in [6, 6.07) is 4.80. The number of benzene rings is 1. The second kappa shape index (κ2) is 10.3. The highest BCUT2D eigenvalue weighted by Crippen LogP contribution is 2.18. The van der Waals surface area contributed by atoms with Gasteiger partial charge in [-0.3, -0.25) is 4.79 Å². The molecule has 1 fully saturated rings. The van der Waals surface area contributed by atoms with E-state index < -0.39 is 12.0 Å². The minimum absolute atomic E-state index is 0.0971. The molecule has 7 nitrogen and oxygen atoms in total. The Balaban J connectivity index is 1.76. The van der Waals surface area contributed by atoms with Crippen LogP contribution in [0.1, 0.15) is 24.0 Å². The van der Waals surface area contributed by atoms with Crippen molar-refractivity contribution in [1.29, 1.82) is 0 Å². The Morgan fingerprint density at radius 1 is 1.31 bits per heavy atom. The number of morpholine rings is 1. The Morgan fingerprint density at radius 3 is 2.73 bits per heavy atom. The number of carbonyl (C=O) groups is 2. The predicted octanol–water partition coefficient (Wildman–Crippen LogP) is -2.38. The number of aryl methyl sites for hydroxylation is 1. The summed E-state index contributed by atoms with van der Waals surface area (Å²) in [7, 11) is 0. The van der Waals surface area contributed by atoms with Crippen LogP contribution in [0.15, 0.2) is 18.2 Å². The van der Waals surface area contributed by atoms with E-state index in [-0.39, 0.29) is 12.3 Å². The van der Waals surface area contributed by atoms with E-state index >= 15 is 0 Å². The van der Waals surface area contributed by atoms with E-state index in [0.717, 1.165) is 56.1 Å². The number of nitrogens with one attached hydrogen (secondary N) is 2. The molecule has 0 aliphatic carbocycles. The topological polar surface area (TPSA) is 99.5 Å². The lowest BCUT2D eigenvalue weighted by Gasteiger charge is -2.23. The van der Waals surface area contributed by atoms with Crippen molar-refractivity contribution in [2.75, 3.05) is 44.7 Å². The summed E-state index contributed by atoms with van der Waals surface area (Å²) in [5, 5.41) is 15.9. The summed E-state index contributed by atoms with van der Waals surface area (Å²) in [4.78, 5) is 25.1. The summed E-state index contributed by atoms with van der Waals surface area (Å²) in [5.41, 5.74) is 2.79. The number of aliphatic carboxylic acids is 1. The van der Waals surface area contributed by atoms with Gasteiger partial charge in [-0.15, -0.1) is 0 Å². The van der Waals surface area contributed by atoms with Gasteiger partial charge in [0.1, 0.15) is 19.1 Å². The van der Waals surface area contributed by atoms with Gasteiger partial charge in [0.05, 0.1) is 38.7 Å². The fourth-order valence-electron chi connectivity index (χ4n) is 3.13. The molecule has 1 atom stereocenters. The highest BCUT2D eigenvalue weighted by atomic mass is 16.5. The average Bonchev–Trinajstić information content (AvgIpc) is 2.62. The van der Waals surface area contributed by atoms with Gasteiger partial charge in [0.15, 0.2) is 0 Å². The molecule has 0 spiro atoms. The Bertz CT molecular complexity index is 615. The Morgan fingerprint density at radius 2 is 2.04 bits per heavy atom. The number of carboxylic acid groups (broad SMARTS) is 1. The van der Waals surface area contributed by atoms with E-state index in [2.05, 4.69) is 5.32 Å². The average molecular weight is 364 g/mol. The van der Waals surface area contributed by atoms with Gasteiger partial charge in [0.2, 0.25) is 5.91 Å². The fraction of sp³-hybridized carbons (Fsp3) is 0.579. The third kappa shape index (κ3) is 6.40. The fourth-order valence-corrected chi connectivity index (χ4v) is 3.13. The van der Waals surface area contributed by atoms with Crippen LogP contribution in [0.5, 0.6) is 0 Å². The summed E-state index contributed by atoms with van der Waals surface area (Å²) < 4.78 is 5.32. The molecule has 0 unspecified atom stereocenters. The Labute approximate surface area is 154 Å². The highest BCUT2D eigenvalue weighted by molar-refractivity contribution is 5.94. The number of hydrogen-bond donors (Lipinski definition) is 3. The first-order valence-corrected chi connectivity index (χ1v) is 9.29. The number of anilines is 1. The van der Waals surface area contributed by atoms with Crippen LogP contribution in [0.4, 0.5) is 5.69 Å². The lowest BCUT2D eigenvalue weighted by atomic mass is 10.1. The first-order chi connectivity index (χ1) is 12.5. The van der Waals surface area contributed by atoms with Crippen molar-refractivity contribution in [3.63, 3.8) is 0 Å². The zero-order valence-electron chi connectivity index (χ0n) is 15.7. The second-order valence-electron chi connectivity index (χ2n) is 6.92. The molecule has 0 saturated carbocycles. The van der Waals surface area contributed by atoms with Gasteiger partial charge in [-0.1, -0.05) is 12.1 Å². The molecule has 0 bridgehead atoms. The predicted molar refractivity (Wildman–Crippen MR) is 95.7 cm³/mol. The van der Waals surface area contributed by atoms with Crippen LogP contribution in [0.2, 0.25) is 0 Å². The maximum Gasteiger partial charge on any atom is 0.230 e. The zero-order valence-corrected chi connectivity index (χ0v) is 15.7. The summed E-state index contributed by atoms with van der Waals surface area (Å²) in [6.45, 7) is 9.15. The second-order valence-corrected chi connectivity index (χ2v) is 6.92. The van der Waals surface area contributed by atoms with Crippen molar-refractivity contribution < 1.29 is 29.6 Å². The van der Waals surface area contributed by atoms with Gasteiger partial charge < -0.3 is 30.2 Å². The molecule has 1 aromatic carbocycles. The van der Waals surface area contributed by atoms with Crippen LogP contribution in [0, 0.1) is 13.8 Å². The van der Waals surface area contributed by atoms with Crippen LogP contribution in [0.3, 0.4) is 0 Å². The summed E-state index contributed by atoms with van der Waals surface area (Å²) in [6.07, 6.45) is 0.803. The summed E-state index contributed by atoms with van der Waals surface area (Å²) in [5.74, 6) is -1.50. The highest BCUT2D eigenvalue weighted by Gasteiger charge is 2.19. The zero-order chi connectivity index (χ0) is 18.9. The van der Waals surface area contributed by atoms with E-state index in [0.29, 0.717) is 6.54 Å². The first kappa shape index (κ1) is 20.4. The number of rotatable bonds is 9. The monoisotopic (exact) mass is 364 g/mol. The molecular weight excluding hydrogens is 334 g/mol. The largest absolute Gasteiger partial charge is 0.544 e. The lowest BCUT2D eigenvalue weighted by molar-refractivity contribution is -0.909. The van der Waals surface area contributed by atoms with Crippen LogP contribution in [0.25, 0.3) is 0 Å². The van der Waals surface area contributed by atoms with Crippen molar-refractivity contribution >= 4 is 17.6 Å². The van der Waals surface area contributed by atoms with Crippen LogP contribution in [-0.4, -0.2) is 57.3 Å². The van der Waals surface area contributed by atoms with Gasteiger partial charge in [-0.05, 0) is 31.0 Å². The number of carbonyl (C=O) groups excluding carboxylic acids is 2. The minimum Gasteiger partial charge on any atom is -0.544 e. The third-order valence-electron chi connectivity index (χ3n) is 4.97. The normalized spacial score (nSPS) is 16.2. The molecule has 26 heavy (non-hydrogen) atoms. The Hall–Kier alpha value is -1.96. The van der Waals surface area contributed by atoms with Crippen molar-refractivity contribution in [2.45, 2.75) is 32.7 Å². The first-order valence-electron chi connectivity index (χ1n) is 9.29.